The predicted molar refractivity (Wildman–Crippen MR) is 79.1 cm³/mol. The van der Waals surface area contributed by atoms with Crippen molar-refractivity contribution in [3.8, 4) is 0 Å². The normalized spacial score (nSPS) is 11.4. The van der Waals surface area contributed by atoms with E-state index >= 15 is 0 Å². The van der Waals surface area contributed by atoms with E-state index in [1.54, 1.807) is 7.05 Å². The highest BCUT2D eigenvalue weighted by molar-refractivity contribution is 5.72. The lowest BCUT2D eigenvalue weighted by atomic mass is 10.0. The Morgan fingerprint density at radius 2 is 1.85 bits per heavy atom. The van der Waals surface area contributed by atoms with Gasteiger partial charge in [0.2, 0.25) is 5.95 Å². The molecule has 20 heavy (non-hydrogen) atoms. The van der Waals surface area contributed by atoms with Gasteiger partial charge in [-0.05, 0) is 5.92 Å². The Balaban J connectivity index is 2.40. The fourth-order valence-electron chi connectivity index (χ4n) is 2.23. The van der Waals surface area contributed by atoms with E-state index in [4.69, 9.17) is 0 Å². The van der Waals surface area contributed by atoms with E-state index in [2.05, 4.69) is 29.1 Å². The number of nitrogens with one attached hydrogen (secondary N) is 2. The summed E-state index contributed by atoms with van der Waals surface area (Å²) in [5.41, 5.74) is -0.00137. The van der Waals surface area contributed by atoms with Crippen molar-refractivity contribution in [1.82, 2.24) is 19.1 Å². The molecule has 0 fully saturated rings. The van der Waals surface area contributed by atoms with E-state index in [0.29, 0.717) is 23.0 Å². The van der Waals surface area contributed by atoms with Crippen LogP contribution in [0.5, 0.6) is 0 Å². The van der Waals surface area contributed by atoms with Crippen LogP contribution in [0.25, 0.3) is 11.2 Å². The van der Waals surface area contributed by atoms with Crippen molar-refractivity contribution in [3.63, 3.8) is 0 Å². The van der Waals surface area contributed by atoms with Gasteiger partial charge in [-0.2, -0.15) is 4.98 Å². The number of H-pyrrole nitrogens is 1. The smallest absolute Gasteiger partial charge is 0.332 e. The molecule has 0 unspecified atom stereocenters. The van der Waals surface area contributed by atoms with Gasteiger partial charge in [0.25, 0.3) is 5.56 Å². The maximum Gasteiger partial charge on any atom is 0.332 e. The lowest BCUT2D eigenvalue weighted by Gasteiger charge is -2.11. The third-order valence-corrected chi connectivity index (χ3v) is 3.81. The summed E-state index contributed by atoms with van der Waals surface area (Å²) in [6.07, 6.45) is 2.17. The third-order valence-electron chi connectivity index (χ3n) is 3.81. The number of hydrogen-bond acceptors (Lipinski definition) is 4. The van der Waals surface area contributed by atoms with Gasteiger partial charge in [0.1, 0.15) is 0 Å². The Bertz CT molecular complexity index is 721. The van der Waals surface area contributed by atoms with E-state index in [-0.39, 0.29) is 11.2 Å². The molecule has 2 heterocycles. The fraction of sp³-hybridized carbons (Fsp3) is 0.615. The summed E-state index contributed by atoms with van der Waals surface area (Å²) in [5.74, 6) is 1.10. The van der Waals surface area contributed by atoms with Crippen LogP contribution in [0.3, 0.4) is 0 Å². The summed E-state index contributed by atoms with van der Waals surface area (Å²) >= 11 is 0. The third kappa shape index (κ3) is 2.35. The van der Waals surface area contributed by atoms with Crippen molar-refractivity contribution in [2.45, 2.75) is 26.7 Å². The number of imidazole rings is 1. The van der Waals surface area contributed by atoms with Gasteiger partial charge in [-0.15, -0.1) is 0 Å². The zero-order valence-corrected chi connectivity index (χ0v) is 12.4. The average Bonchev–Trinajstić information content (AvgIpc) is 2.88. The molecule has 2 aromatic rings. The maximum atomic E-state index is 12.0. The van der Waals surface area contributed by atoms with Crippen LogP contribution in [-0.2, 0) is 14.1 Å². The van der Waals surface area contributed by atoms with E-state index in [0.717, 1.165) is 24.0 Å². The molecular formula is C13H21N5O2. The topological polar surface area (TPSA) is 84.7 Å². The molecule has 0 saturated heterocycles. The number of aromatic amines is 1. The van der Waals surface area contributed by atoms with Gasteiger partial charge in [-0.1, -0.05) is 26.7 Å². The molecule has 0 amide bonds. The first-order valence-corrected chi connectivity index (χ1v) is 6.89. The molecule has 0 aliphatic rings. The molecule has 7 nitrogen and oxygen atoms in total. The second-order valence-corrected chi connectivity index (χ2v) is 5.05. The molecule has 7 heteroatoms. The molecule has 2 rings (SSSR count). The molecule has 0 aliphatic carbocycles. The second-order valence-electron chi connectivity index (χ2n) is 5.05. The predicted octanol–water partition coefficient (Wildman–Crippen LogP) is 0.808. The van der Waals surface area contributed by atoms with Gasteiger partial charge in [-0.25, -0.2) is 4.79 Å². The van der Waals surface area contributed by atoms with Gasteiger partial charge in [0.05, 0.1) is 0 Å². The molecule has 0 aromatic carbocycles. The number of fused-ring (bicyclic) bond motifs is 1. The maximum absolute atomic E-state index is 12.0. The number of aryl methyl sites for hydroxylation is 1. The average molecular weight is 279 g/mol. The Labute approximate surface area is 116 Å². The minimum absolute atomic E-state index is 0.349. The zero-order valence-electron chi connectivity index (χ0n) is 12.4. The molecule has 0 saturated carbocycles. The van der Waals surface area contributed by atoms with Gasteiger partial charge in [0.15, 0.2) is 11.2 Å². The van der Waals surface area contributed by atoms with Crippen LogP contribution in [0.2, 0.25) is 0 Å². The van der Waals surface area contributed by atoms with E-state index < -0.39 is 0 Å². The highest BCUT2D eigenvalue weighted by Crippen LogP contribution is 2.11. The minimum Gasteiger partial charge on any atom is -0.355 e. The van der Waals surface area contributed by atoms with Crippen molar-refractivity contribution in [2.75, 3.05) is 11.9 Å². The van der Waals surface area contributed by atoms with Crippen molar-refractivity contribution >= 4 is 17.1 Å². The second kappa shape index (κ2) is 5.52. The van der Waals surface area contributed by atoms with Crippen LogP contribution in [-0.4, -0.2) is 25.6 Å². The van der Waals surface area contributed by atoms with E-state index in [1.807, 2.05) is 0 Å². The summed E-state index contributed by atoms with van der Waals surface area (Å²) in [6, 6.07) is 0. The Hall–Kier alpha value is -2.05. The zero-order chi connectivity index (χ0) is 14.9. The van der Waals surface area contributed by atoms with Crippen molar-refractivity contribution in [2.24, 2.45) is 20.0 Å². The molecule has 0 spiro atoms. The van der Waals surface area contributed by atoms with Crippen LogP contribution in [0.4, 0.5) is 5.95 Å². The highest BCUT2D eigenvalue weighted by Gasteiger charge is 2.13. The molecule has 0 radical (unpaired) electrons. The van der Waals surface area contributed by atoms with Crippen molar-refractivity contribution < 1.29 is 0 Å². The van der Waals surface area contributed by atoms with Crippen LogP contribution < -0.4 is 16.6 Å². The molecule has 2 N–H and O–H groups in total. The first-order chi connectivity index (χ1) is 9.49. The first-order valence-electron chi connectivity index (χ1n) is 6.89. The lowest BCUT2D eigenvalue weighted by molar-refractivity contribution is 0.518. The summed E-state index contributed by atoms with van der Waals surface area (Å²) in [6.45, 7) is 5.09. The number of hydrogen-bond donors (Lipinski definition) is 2. The molecule has 0 aliphatic heterocycles. The van der Waals surface area contributed by atoms with Crippen LogP contribution in [0.15, 0.2) is 9.59 Å². The van der Waals surface area contributed by atoms with Gasteiger partial charge < -0.3 is 10.3 Å². The molecule has 0 atom stereocenters. The highest BCUT2D eigenvalue weighted by atomic mass is 16.2. The quantitative estimate of drug-likeness (QED) is 0.848. The number of anilines is 1. The molecule has 2 aromatic heterocycles. The number of aromatic nitrogens is 4. The van der Waals surface area contributed by atoms with E-state index in [9.17, 15) is 9.59 Å². The van der Waals surface area contributed by atoms with Crippen LogP contribution in [0.1, 0.15) is 26.7 Å². The van der Waals surface area contributed by atoms with Crippen molar-refractivity contribution in [3.05, 3.63) is 20.8 Å². The van der Waals surface area contributed by atoms with Gasteiger partial charge >= 0.3 is 5.69 Å². The molecule has 110 valence electrons. The number of nitrogens with zero attached hydrogens (tertiary/aromatic N) is 3. The van der Waals surface area contributed by atoms with Crippen molar-refractivity contribution in [1.29, 1.82) is 0 Å². The largest absolute Gasteiger partial charge is 0.355 e. The standard InChI is InChI=1S/C13H21N5O2/c1-5-8(6-2)7-14-12-15-9-10(16-12)17(3)13(20)18(4)11(9)19/h8H,5-7H2,1-4H3,(H2,14,15,16). The molecular weight excluding hydrogens is 258 g/mol. The summed E-state index contributed by atoms with van der Waals surface area (Å²) in [7, 11) is 3.07. The fourth-order valence-corrected chi connectivity index (χ4v) is 2.23. The SMILES string of the molecule is CCC(CC)CNc1nc2c([nH]1)c(=O)n(C)c(=O)n2C. The number of rotatable bonds is 5. The summed E-state index contributed by atoms with van der Waals surface area (Å²) in [4.78, 5) is 31.1. The Morgan fingerprint density at radius 1 is 1.20 bits per heavy atom. The summed E-state index contributed by atoms with van der Waals surface area (Å²) in [5, 5.41) is 3.20. The van der Waals surface area contributed by atoms with Gasteiger partial charge in [0, 0.05) is 20.6 Å². The molecule has 0 bridgehead atoms. The van der Waals surface area contributed by atoms with Crippen LogP contribution >= 0.6 is 0 Å². The monoisotopic (exact) mass is 279 g/mol. The minimum atomic E-state index is -0.374. The summed E-state index contributed by atoms with van der Waals surface area (Å²) < 4.78 is 2.45. The van der Waals surface area contributed by atoms with Crippen LogP contribution in [0, 0.1) is 5.92 Å². The first kappa shape index (κ1) is 14.4. The Morgan fingerprint density at radius 3 is 2.45 bits per heavy atom. The van der Waals surface area contributed by atoms with E-state index in [1.165, 1.54) is 11.6 Å². The lowest BCUT2D eigenvalue weighted by Crippen LogP contribution is -2.36. The Kier molecular flexibility index (Phi) is 3.96. The van der Waals surface area contributed by atoms with Gasteiger partial charge in [-0.3, -0.25) is 13.9 Å².